The van der Waals surface area contributed by atoms with Gasteiger partial charge in [-0.1, -0.05) is 0 Å². The van der Waals surface area contributed by atoms with Crippen LogP contribution in [0, 0.1) is 6.92 Å². The van der Waals surface area contributed by atoms with E-state index in [4.69, 9.17) is 0 Å². The van der Waals surface area contributed by atoms with Gasteiger partial charge in [0.2, 0.25) is 0 Å². The average Bonchev–Trinajstić information content (AvgIpc) is 2.15. The van der Waals surface area contributed by atoms with Crippen LogP contribution >= 0.6 is 12.6 Å². The highest BCUT2D eigenvalue weighted by Gasteiger charge is 2.17. The first-order valence-corrected chi connectivity index (χ1v) is 4.68. The Morgan fingerprint density at radius 1 is 1.54 bits per heavy atom. The van der Waals surface area contributed by atoms with Crippen molar-refractivity contribution in [3.63, 3.8) is 0 Å². The van der Waals surface area contributed by atoms with Crippen molar-refractivity contribution in [2.45, 2.75) is 19.1 Å². The molecule has 0 saturated heterocycles. The van der Waals surface area contributed by atoms with Crippen LogP contribution in [0.5, 0.6) is 0 Å². The van der Waals surface area contributed by atoms with E-state index in [0.29, 0.717) is 5.69 Å². The first-order chi connectivity index (χ1) is 6.15. The summed E-state index contributed by atoms with van der Waals surface area (Å²) in [4.78, 5) is 3.96. The Labute approximate surface area is 82.9 Å². The molecule has 72 valence electrons. The van der Waals surface area contributed by atoms with Gasteiger partial charge in [-0.05, 0) is 24.6 Å². The highest BCUT2D eigenvalue weighted by atomic mass is 32.1. The van der Waals surface area contributed by atoms with E-state index in [1.54, 1.807) is 12.3 Å². The number of hydrogen-bond donors (Lipinski definition) is 3. The van der Waals surface area contributed by atoms with E-state index in [1.165, 1.54) is 0 Å². The van der Waals surface area contributed by atoms with Crippen LogP contribution in [0.1, 0.15) is 17.4 Å². The molecule has 2 unspecified atom stereocenters. The van der Waals surface area contributed by atoms with Crippen LogP contribution in [-0.4, -0.2) is 27.1 Å². The molecule has 0 fully saturated rings. The standard InChI is InChI=1S/C9H13NO2S/c1-6-2-3-10-7(4-6)9(12)8(11)5-13/h2-4,8-9,11-13H,5H2,1H3. The van der Waals surface area contributed by atoms with E-state index < -0.39 is 12.2 Å². The van der Waals surface area contributed by atoms with Gasteiger partial charge in [-0.15, -0.1) is 0 Å². The predicted octanol–water partition coefficient (Wildman–Crippen LogP) is 0.714. The van der Waals surface area contributed by atoms with Crippen molar-refractivity contribution in [1.29, 1.82) is 0 Å². The third kappa shape index (κ3) is 2.69. The molecule has 0 spiro atoms. The number of pyridine rings is 1. The molecule has 3 nitrogen and oxygen atoms in total. The fraction of sp³-hybridized carbons (Fsp3) is 0.444. The topological polar surface area (TPSA) is 53.4 Å². The van der Waals surface area contributed by atoms with Gasteiger partial charge in [0, 0.05) is 11.9 Å². The molecule has 2 N–H and O–H groups in total. The van der Waals surface area contributed by atoms with Crippen LogP contribution in [0.25, 0.3) is 0 Å². The SMILES string of the molecule is Cc1ccnc(C(O)C(O)CS)c1. The molecule has 0 aliphatic carbocycles. The van der Waals surface area contributed by atoms with E-state index in [1.807, 2.05) is 13.0 Å². The number of hydrogen-bond acceptors (Lipinski definition) is 4. The van der Waals surface area contributed by atoms with Crippen LogP contribution in [0.2, 0.25) is 0 Å². The zero-order valence-corrected chi connectivity index (χ0v) is 8.28. The predicted molar refractivity (Wildman–Crippen MR) is 53.8 cm³/mol. The maximum absolute atomic E-state index is 9.55. The van der Waals surface area contributed by atoms with Crippen LogP contribution in [-0.2, 0) is 0 Å². The maximum atomic E-state index is 9.55. The molecule has 0 aliphatic heterocycles. The summed E-state index contributed by atoms with van der Waals surface area (Å²) in [6.45, 7) is 1.91. The molecule has 1 aromatic heterocycles. The van der Waals surface area contributed by atoms with Crippen molar-refractivity contribution in [3.8, 4) is 0 Å². The molecule has 0 aromatic carbocycles. The zero-order chi connectivity index (χ0) is 9.84. The molecule has 2 atom stereocenters. The quantitative estimate of drug-likeness (QED) is 0.629. The van der Waals surface area contributed by atoms with E-state index in [-0.39, 0.29) is 5.75 Å². The number of aryl methyl sites for hydroxylation is 1. The molecule has 0 amide bonds. The lowest BCUT2D eigenvalue weighted by molar-refractivity contribution is 0.0310. The van der Waals surface area contributed by atoms with Gasteiger partial charge in [0.1, 0.15) is 6.10 Å². The number of aromatic nitrogens is 1. The number of rotatable bonds is 3. The Morgan fingerprint density at radius 2 is 2.23 bits per heavy atom. The van der Waals surface area contributed by atoms with E-state index in [9.17, 15) is 10.2 Å². The Morgan fingerprint density at radius 3 is 2.77 bits per heavy atom. The number of aliphatic hydroxyl groups is 2. The lowest BCUT2D eigenvalue weighted by atomic mass is 10.1. The van der Waals surface area contributed by atoms with E-state index in [0.717, 1.165) is 5.56 Å². The molecule has 0 saturated carbocycles. The summed E-state index contributed by atoms with van der Waals surface area (Å²) in [7, 11) is 0. The Kier molecular flexibility index (Phi) is 3.71. The van der Waals surface area contributed by atoms with Crippen molar-refractivity contribution in [2.75, 3.05) is 5.75 Å². The molecule has 0 radical (unpaired) electrons. The fourth-order valence-corrected chi connectivity index (χ4v) is 1.22. The number of aliphatic hydroxyl groups excluding tert-OH is 2. The van der Waals surface area contributed by atoms with Gasteiger partial charge in [-0.2, -0.15) is 12.6 Å². The van der Waals surface area contributed by atoms with Gasteiger partial charge < -0.3 is 10.2 Å². The summed E-state index contributed by atoms with van der Waals surface area (Å²) in [6, 6.07) is 3.58. The smallest absolute Gasteiger partial charge is 0.123 e. The first kappa shape index (κ1) is 10.5. The Balaban J connectivity index is 2.82. The van der Waals surface area contributed by atoms with E-state index >= 15 is 0 Å². The van der Waals surface area contributed by atoms with E-state index in [2.05, 4.69) is 17.6 Å². The van der Waals surface area contributed by atoms with Gasteiger partial charge in [-0.25, -0.2) is 0 Å². The summed E-state index contributed by atoms with van der Waals surface area (Å²) < 4.78 is 0. The largest absolute Gasteiger partial charge is 0.389 e. The fourth-order valence-electron chi connectivity index (χ4n) is 1.02. The molecule has 4 heteroatoms. The Bertz CT molecular complexity index is 280. The molecule has 0 bridgehead atoms. The van der Waals surface area contributed by atoms with Crippen molar-refractivity contribution < 1.29 is 10.2 Å². The molecule has 1 aromatic rings. The third-order valence-electron chi connectivity index (χ3n) is 1.79. The normalized spacial score (nSPS) is 15.4. The number of thiol groups is 1. The zero-order valence-electron chi connectivity index (χ0n) is 7.38. The van der Waals surface area contributed by atoms with Crippen LogP contribution in [0.15, 0.2) is 18.3 Å². The lowest BCUT2D eigenvalue weighted by Crippen LogP contribution is -2.20. The molecule has 0 aliphatic rings. The van der Waals surface area contributed by atoms with Crippen LogP contribution < -0.4 is 0 Å². The summed E-state index contributed by atoms with van der Waals surface area (Å²) in [5.74, 6) is 0.219. The minimum atomic E-state index is -0.947. The first-order valence-electron chi connectivity index (χ1n) is 4.04. The Hall–Kier alpha value is -0.580. The second kappa shape index (κ2) is 4.60. The molecular formula is C9H13NO2S. The monoisotopic (exact) mass is 199 g/mol. The molecule has 1 heterocycles. The molecule has 1 rings (SSSR count). The molecule has 13 heavy (non-hydrogen) atoms. The van der Waals surface area contributed by atoms with Crippen LogP contribution in [0.3, 0.4) is 0 Å². The van der Waals surface area contributed by atoms with Gasteiger partial charge >= 0.3 is 0 Å². The van der Waals surface area contributed by atoms with Crippen molar-refractivity contribution in [3.05, 3.63) is 29.6 Å². The second-order valence-corrected chi connectivity index (χ2v) is 3.32. The second-order valence-electron chi connectivity index (χ2n) is 2.95. The highest BCUT2D eigenvalue weighted by Crippen LogP contribution is 2.15. The van der Waals surface area contributed by atoms with Gasteiger partial charge in [-0.3, -0.25) is 4.98 Å². The lowest BCUT2D eigenvalue weighted by Gasteiger charge is -2.15. The van der Waals surface area contributed by atoms with Crippen molar-refractivity contribution in [2.24, 2.45) is 0 Å². The average molecular weight is 199 g/mol. The summed E-state index contributed by atoms with van der Waals surface area (Å²) >= 11 is 3.89. The minimum absolute atomic E-state index is 0.219. The maximum Gasteiger partial charge on any atom is 0.123 e. The molecular weight excluding hydrogens is 186 g/mol. The summed E-state index contributed by atoms with van der Waals surface area (Å²) in [6.07, 6.45) is -0.200. The van der Waals surface area contributed by atoms with Crippen molar-refractivity contribution >= 4 is 12.6 Å². The summed E-state index contributed by atoms with van der Waals surface area (Å²) in [5.41, 5.74) is 1.50. The minimum Gasteiger partial charge on any atom is -0.389 e. The van der Waals surface area contributed by atoms with Crippen molar-refractivity contribution in [1.82, 2.24) is 4.98 Å². The number of nitrogens with zero attached hydrogens (tertiary/aromatic N) is 1. The third-order valence-corrected chi connectivity index (χ3v) is 2.17. The van der Waals surface area contributed by atoms with Gasteiger partial charge in [0.15, 0.2) is 0 Å². The highest BCUT2D eigenvalue weighted by molar-refractivity contribution is 7.80. The van der Waals surface area contributed by atoms with Gasteiger partial charge in [0.25, 0.3) is 0 Å². The summed E-state index contributed by atoms with van der Waals surface area (Å²) in [5, 5.41) is 18.9. The van der Waals surface area contributed by atoms with Gasteiger partial charge in [0.05, 0.1) is 11.8 Å². The van der Waals surface area contributed by atoms with Crippen LogP contribution in [0.4, 0.5) is 0 Å².